The number of phenolic OH excluding ortho intramolecular Hbond substituents is 1. The Hall–Kier alpha value is -0.770. The maximum Gasteiger partial charge on any atom is 0.115 e. The van der Waals surface area contributed by atoms with E-state index in [4.69, 9.17) is 5.73 Å². The van der Waals surface area contributed by atoms with Gasteiger partial charge in [0.05, 0.1) is 12.1 Å². The molecule has 0 aromatic heterocycles. The van der Waals surface area contributed by atoms with Gasteiger partial charge in [-0.15, -0.1) is 12.4 Å². The largest absolute Gasteiger partial charge is 0.508 e. The van der Waals surface area contributed by atoms with Gasteiger partial charge in [0.1, 0.15) is 5.75 Å². The molecule has 0 spiro atoms. The lowest BCUT2D eigenvalue weighted by Crippen LogP contribution is -2.26. The SMILES string of the molecule is CC(C)CC[C@H](O)[C@H](N)c1cccc(O)c1.Cl. The van der Waals surface area contributed by atoms with Gasteiger partial charge in [-0.1, -0.05) is 26.0 Å². The van der Waals surface area contributed by atoms with Gasteiger partial charge in [0.15, 0.2) is 0 Å². The van der Waals surface area contributed by atoms with Crippen LogP contribution in [0, 0.1) is 5.92 Å². The van der Waals surface area contributed by atoms with Crippen LogP contribution in [-0.4, -0.2) is 16.3 Å². The molecule has 0 aliphatic rings. The Balaban J connectivity index is 0.00000256. The van der Waals surface area contributed by atoms with E-state index in [2.05, 4.69) is 13.8 Å². The van der Waals surface area contributed by atoms with E-state index in [9.17, 15) is 10.2 Å². The molecule has 0 aliphatic carbocycles. The lowest BCUT2D eigenvalue weighted by molar-refractivity contribution is 0.128. The van der Waals surface area contributed by atoms with Crippen LogP contribution in [0.15, 0.2) is 24.3 Å². The monoisotopic (exact) mass is 259 g/mol. The second-order valence-electron chi connectivity index (χ2n) is 4.66. The van der Waals surface area contributed by atoms with Gasteiger partial charge in [0.2, 0.25) is 0 Å². The molecule has 0 bridgehead atoms. The van der Waals surface area contributed by atoms with Crippen LogP contribution in [0.1, 0.15) is 38.3 Å². The molecule has 98 valence electrons. The summed E-state index contributed by atoms with van der Waals surface area (Å²) in [6.45, 7) is 4.24. The van der Waals surface area contributed by atoms with Crippen LogP contribution in [0.4, 0.5) is 0 Å². The van der Waals surface area contributed by atoms with E-state index < -0.39 is 12.1 Å². The van der Waals surface area contributed by atoms with Gasteiger partial charge < -0.3 is 15.9 Å². The van der Waals surface area contributed by atoms with Crippen molar-refractivity contribution in [3.8, 4) is 5.75 Å². The summed E-state index contributed by atoms with van der Waals surface area (Å²) in [5, 5.41) is 19.2. The molecule has 0 amide bonds. The first kappa shape index (κ1) is 16.2. The molecule has 2 atom stereocenters. The number of aromatic hydroxyl groups is 1. The van der Waals surface area contributed by atoms with Crippen LogP contribution in [-0.2, 0) is 0 Å². The maximum absolute atomic E-state index is 9.90. The van der Waals surface area contributed by atoms with E-state index in [0.29, 0.717) is 12.3 Å². The fourth-order valence-corrected chi connectivity index (χ4v) is 1.64. The van der Waals surface area contributed by atoms with Gasteiger partial charge in [0.25, 0.3) is 0 Å². The van der Waals surface area contributed by atoms with E-state index in [-0.39, 0.29) is 18.2 Å². The van der Waals surface area contributed by atoms with Crippen molar-refractivity contribution < 1.29 is 10.2 Å². The van der Waals surface area contributed by atoms with E-state index in [1.165, 1.54) is 0 Å². The summed E-state index contributed by atoms with van der Waals surface area (Å²) in [5.41, 5.74) is 6.71. The summed E-state index contributed by atoms with van der Waals surface area (Å²) in [4.78, 5) is 0. The van der Waals surface area contributed by atoms with Crippen LogP contribution in [0.2, 0.25) is 0 Å². The minimum atomic E-state index is -0.552. The third-order valence-corrected chi connectivity index (χ3v) is 2.71. The van der Waals surface area contributed by atoms with Crippen molar-refractivity contribution in [3.05, 3.63) is 29.8 Å². The molecule has 0 radical (unpaired) electrons. The molecule has 0 heterocycles. The molecule has 0 saturated heterocycles. The van der Waals surface area contributed by atoms with Gasteiger partial charge in [-0.25, -0.2) is 0 Å². The van der Waals surface area contributed by atoms with E-state index in [1.807, 2.05) is 6.07 Å². The average Bonchev–Trinajstić information content (AvgIpc) is 2.24. The van der Waals surface area contributed by atoms with E-state index in [0.717, 1.165) is 12.0 Å². The van der Waals surface area contributed by atoms with Crippen molar-refractivity contribution >= 4 is 12.4 Å². The summed E-state index contributed by atoms with van der Waals surface area (Å²) in [6.07, 6.45) is 1.09. The molecule has 0 saturated carbocycles. The minimum Gasteiger partial charge on any atom is -0.508 e. The minimum absolute atomic E-state index is 0. The number of aliphatic hydroxyl groups is 1. The van der Waals surface area contributed by atoms with Crippen LogP contribution in [0.25, 0.3) is 0 Å². The maximum atomic E-state index is 9.90. The summed E-state index contributed by atoms with van der Waals surface area (Å²) >= 11 is 0. The molecule has 17 heavy (non-hydrogen) atoms. The highest BCUT2D eigenvalue weighted by atomic mass is 35.5. The van der Waals surface area contributed by atoms with Crippen LogP contribution in [0.3, 0.4) is 0 Å². The number of rotatable bonds is 5. The first-order valence-corrected chi connectivity index (χ1v) is 5.73. The van der Waals surface area contributed by atoms with Crippen LogP contribution < -0.4 is 5.73 Å². The summed E-state index contributed by atoms with van der Waals surface area (Å²) in [7, 11) is 0. The average molecular weight is 260 g/mol. The summed E-state index contributed by atoms with van der Waals surface area (Å²) < 4.78 is 0. The molecule has 0 unspecified atom stereocenters. The quantitative estimate of drug-likeness (QED) is 0.762. The Morgan fingerprint density at radius 2 is 1.88 bits per heavy atom. The molecule has 4 heteroatoms. The molecule has 0 fully saturated rings. The number of hydrogen-bond acceptors (Lipinski definition) is 3. The number of benzene rings is 1. The number of phenols is 1. The Morgan fingerprint density at radius 3 is 2.41 bits per heavy atom. The highest BCUT2D eigenvalue weighted by Crippen LogP contribution is 2.22. The number of hydrogen-bond donors (Lipinski definition) is 3. The van der Waals surface area contributed by atoms with Gasteiger partial charge in [-0.2, -0.15) is 0 Å². The number of aliphatic hydroxyl groups excluding tert-OH is 1. The van der Waals surface area contributed by atoms with Crippen LogP contribution >= 0.6 is 12.4 Å². The summed E-state index contributed by atoms with van der Waals surface area (Å²) in [6, 6.07) is 6.33. The predicted octanol–water partition coefficient (Wildman–Crippen LogP) is 2.61. The Kier molecular flexibility index (Phi) is 7.19. The Bertz CT molecular complexity index is 331. The smallest absolute Gasteiger partial charge is 0.115 e. The van der Waals surface area contributed by atoms with Crippen molar-refractivity contribution in [2.75, 3.05) is 0 Å². The predicted molar refractivity (Wildman–Crippen MR) is 72.4 cm³/mol. The first-order chi connectivity index (χ1) is 7.50. The standard InChI is InChI=1S/C13H21NO2.ClH/c1-9(2)6-7-12(16)13(14)10-4-3-5-11(15)8-10;/h3-5,8-9,12-13,15-16H,6-7,14H2,1-2H3;1H/t12-,13+;/m0./s1. The zero-order chi connectivity index (χ0) is 12.1. The topological polar surface area (TPSA) is 66.5 Å². The Labute approximate surface area is 109 Å². The van der Waals surface area contributed by atoms with Crippen molar-refractivity contribution in [1.82, 2.24) is 0 Å². The molecule has 4 N–H and O–H groups in total. The normalized spacial score (nSPS) is 14.2. The molecule has 1 aromatic carbocycles. The van der Waals surface area contributed by atoms with Crippen molar-refractivity contribution in [2.24, 2.45) is 11.7 Å². The lowest BCUT2D eigenvalue weighted by Gasteiger charge is -2.20. The first-order valence-electron chi connectivity index (χ1n) is 5.73. The second kappa shape index (κ2) is 7.54. The van der Waals surface area contributed by atoms with Gasteiger partial charge in [-0.05, 0) is 36.5 Å². The number of halogens is 1. The van der Waals surface area contributed by atoms with E-state index in [1.54, 1.807) is 18.2 Å². The molecule has 1 rings (SSSR count). The highest BCUT2D eigenvalue weighted by Gasteiger charge is 2.17. The molecule has 3 nitrogen and oxygen atoms in total. The molecule has 1 aromatic rings. The lowest BCUT2D eigenvalue weighted by atomic mass is 9.96. The molecular formula is C13H22ClNO2. The van der Waals surface area contributed by atoms with Crippen molar-refractivity contribution in [2.45, 2.75) is 38.8 Å². The van der Waals surface area contributed by atoms with Gasteiger partial charge in [0, 0.05) is 0 Å². The van der Waals surface area contributed by atoms with Crippen molar-refractivity contribution in [3.63, 3.8) is 0 Å². The third kappa shape index (κ3) is 5.39. The van der Waals surface area contributed by atoms with Gasteiger partial charge >= 0.3 is 0 Å². The Morgan fingerprint density at radius 1 is 1.24 bits per heavy atom. The number of nitrogens with two attached hydrogens (primary N) is 1. The zero-order valence-electron chi connectivity index (χ0n) is 10.3. The van der Waals surface area contributed by atoms with Crippen molar-refractivity contribution in [1.29, 1.82) is 0 Å². The fourth-order valence-electron chi connectivity index (χ4n) is 1.64. The highest BCUT2D eigenvalue weighted by molar-refractivity contribution is 5.85. The molecule has 0 aliphatic heterocycles. The van der Waals surface area contributed by atoms with Gasteiger partial charge in [-0.3, -0.25) is 0 Å². The fraction of sp³-hybridized carbons (Fsp3) is 0.538. The third-order valence-electron chi connectivity index (χ3n) is 2.71. The summed E-state index contributed by atoms with van der Waals surface area (Å²) in [5.74, 6) is 0.745. The molecular weight excluding hydrogens is 238 g/mol. The second-order valence-corrected chi connectivity index (χ2v) is 4.66. The van der Waals surface area contributed by atoms with E-state index >= 15 is 0 Å². The van der Waals surface area contributed by atoms with Crippen LogP contribution in [0.5, 0.6) is 5.75 Å². The zero-order valence-corrected chi connectivity index (χ0v) is 11.2.